The first-order chi connectivity index (χ1) is 11.2. The normalized spacial score (nSPS) is 19.2. The minimum absolute atomic E-state index is 0.181. The van der Waals surface area contributed by atoms with Gasteiger partial charge in [0.2, 0.25) is 5.91 Å². The summed E-state index contributed by atoms with van der Waals surface area (Å²) in [6.45, 7) is 7.94. The smallest absolute Gasteiger partial charge is 0.307 e. The van der Waals surface area contributed by atoms with Gasteiger partial charge in [-0.2, -0.15) is 0 Å². The van der Waals surface area contributed by atoms with Gasteiger partial charge in [-0.05, 0) is 26.2 Å². The molecule has 0 radical (unpaired) electrons. The van der Waals surface area contributed by atoms with Gasteiger partial charge in [0.25, 0.3) is 0 Å². The molecule has 1 saturated carbocycles. The van der Waals surface area contributed by atoms with E-state index in [0.29, 0.717) is 19.6 Å². The van der Waals surface area contributed by atoms with Crippen molar-refractivity contribution in [2.24, 2.45) is 5.92 Å². The third-order valence-electron chi connectivity index (χ3n) is 4.66. The molecule has 2 fully saturated rings. The van der Waals surface area contributed by atoms with Crippen LogP contribution in [0.15, 0.2) is 0 Å². The number of nitrogens with zero attached hydrogens (tertiary/aromatic N) is 2. The highest BCUT2D eigenvalue weighted by atomic mass is 16.5. The summed E-state index contributed by atoms with van der Waals surface area (Å²) >= 11 is 0. The van der Waals surface area contributed by atoms with E-state index >= 15 is 0 Å². The number of ether oxygens (including phenoxy) is 2. The lowest BCUT2D eigenvalue weighted by Crippen LogP contribution is -2.42. The van der Waals surface area contributed by atoms with Crippen LogP contribution < -0.4 is 0 Å². The Kier molecular flexibility index (Phi) is 7.82. The molecule has 1 aliphatic heterocycles. The predicted molar refractivity (Wildman–Crippen MR) is 87.0 cm³/mol. The zero-order valence-corrected chi connectivity index (χ0v) is 14.3. The van der Waals surface area contributed by atoms with Gasteiger partial charge >= 0.3 is 5.97 Å². The maximum Gasteiger partial charge on any atom is 0.307 e. The van der Waals surface area contributed by atoms with E-state index in [-0.39, 0.29) is 17.8 Å². The number of amides is 1. The van der Waals surface area contributed by atoms with E-state index in [1.54, 1.807) is 6.92 Å². The van der Waals surface area contributed by atoms with Crippen LogP contribution in [0.4, 0.5) is 0 Å². The Morgan fingerprint density at radius 3 is 2.57 bits per heavy atom. The second-order valence-corrected chi connectivity index (χ2v) is 6.32. The quantitative estimate of drug-likeness (QED) is 0.598. The monoisotopic (exact) mass is 326 g/mol. The van der Waals surface area contributed by atoms with E-state index in [2.05, 4.69) is 4.90 Å². The summed E-state index contributed by atoms with van der Waals surface area (Å²) in [6.07, 6.45) is 4.39. The number of carbonyl (C=O) groups excluding carboxylic acids is 2. The summed E-state index contributed by atoms with van der Waals surface area (Å²) in [6, 6.07) is 0. The molecule has 1 saturated heterocycles. The summed E-state index contributed by atoms with van der Waals surface area (Å²) in [5.74, 6) is 0.190. The minimum Gasteiger partial charge on any atom is -0.466 e. The molecular weight excluding hydrogens is 296 g/mol. The zero-order valence-electron chi connectivity index (χ0n) is 14.3. The van der Waals surface area contributed by atoms with Crippen molar-refractivity contribution in [3.63, 3.8) is 0 Å². The first kappa shape index (κ1) is 18.2. The molecule has 0 aromatic carbocycles. The standard InChI is InChI=1S/C17H30N2O4/c1-2-23-16(20)7-10-19(17(21)15-5-3-6-15)9-4-8-18-11-13-22-14-12-18/h15H,2-14H2,1H3. The second-order valence-electron chi connectivity index (χ2n) is 6.32. The number of rotatable bonds is 9. The third kappa shape index (κ3) is 6.11. The van der Waals surface area contributed by atoms with E-state index in [4.69, 9.17) is 9.47 Å². The van der Waals surface area contributed by atoms with Gasteiger partial charge in [0.05, 0.1) is 26.2 Å². The van der Waals surface area contributed by atoms with Crippen LogP contribution >= 0.6 is 0 Å². The van der Waals surface area contributed by atoms with Gasteiger partial charge in [-0.15, -0.1) is 0 Å². The van der Waals surface area contributed by atoms with Gasteiger partial charge in [0, 0.05) is 38.6 Å². The zero-order chi connectivity index (χ0) is 16.5. The number of carbonyl (C=O) groups is 2. The largest absolute Gasteiger partial charge is 0.466 e. The maximum atomic E-state index is 12.5. The van der Waals surface area contributed by atoms with Crippen molar-refractivity contribution in [1.29, 1.82) is 0 Å². The molecule has 2 rings (SSSR count). The Labute approximate surface area is 139 Å². The Morgan fingerprint density at radius 2 is 1.96 bits per heavy atom. The average molecular weight is 326 g/mol. The van der Waals surface area contributed by atoms with Crippen molar-refractivity contribution in [2.75, 3.05) is 52.5 Å². The van der Waals surface area contributed by atoms with Crippen LogP contribution in [0.3, 0.4) is 0 Å². The van der Waals surface area contributed by atoms with Gasteiger partial charge in [-0.1, -0.05) is 6.42 Å². The van der Waals surface area contributed by atoms with E-state index in [1.807, 2.05) is 4.90 Å². The van der Waals surface area contributed by atoms with Crippen LogP contribution in [0.25, 0.3) is 0 Å². The number of morpholine rings is 1. The van der Waals surface area contributed by atoms with Gasteiger partial charge in [0.1, 0.15) is 0 Å². The third-order valence-corrected chi connectivity index (χ3v) is 4.66. The van der Waals surface area contributed by atoms with Crippen molar-refractivity contribution in [2.45, 2.75) is 39.0 Å². The molecule has 0 N–H and O–H groups in total. The maximum absolute atomic E-state index is 12.5. The Morgan fingerprint density at radius 1 is 1.22 bits per heavy atom. The van der Waals surface area contributed by atoms with Crippen LogP contribution in [0.5, 0.6) is 0 Å². The predicted octanol–water partition coefficient (Wildman–Crippen LogP) is 1.29. The molecule has 0 atom stereocenters. The first-order valence-electron chi connectivity index (χ1n) is 8.95. The van der Waals surface area contributed by atoms with Crippen LogP contribution in [0, 0.1) is 5.92 Å². The molecule has 0 aromatic rings. The topological polar surface area (TPSA) is 59.1 Å². The molecule has 23 heavy (non-hydrogen) atoms. The van der Waals surface area contributed by atoms with Crippen molar-refractivity contribution in [3.05, 3.63) is 0 Å². The average Bonchev–Trinajstić information content (AvgIpc) is 2.50. The molecule has 1 amide bonds. The number of hydrogen-bond donors (Lipinski definition) is 0. The van der Waals surface area contributed by atoms with Gasteiger partial charge in [-0.25, -0.2) is 0 Å². The Hall–Kier alpha value is -1.14. The molecule has 6 nitrogen and oxygen atoms in total. The lowest BCUT2D eigenvalue weighted by Gasteiger charge is -2.32. The van der Waals surface area contributed by atoms with Crippen LogP contribution in [-0.2, 0) is 19.1 Å². The Balaban J connectivity index is 1.74. The molecule has 0 aromatic heterocycles. The van der Waals surface area contributed by atoms with E-state index in [1.165, 1.54) is 0 Å². The Bertz CT molecular complexity index is 379. The summed E-state index contributed by atoms with van der Waals surface area (Å²) in [7, 11) is 0. The van der Waals surface area contributed by atoms with Crippen LogP contribution in [0.2, 0.25) is 0 Å². The molecule has 1 aliphatic carbocycles. The molecule has 132 valence electrons. The lowest BCUT2D eigenvalue weighted by molar-refractivity contribution is -0.145. The minimum atomic E-state index is -0.216. The van der Waals surface area contributed by atoms with E-state index in [9.17, 15) is 9.59 Å². The van der Waals surface area contributed by atoms with E-state index in [0.717, 1.165) is 65.1 Å². The fraction of sp³-hybridized carbons (Fsp3) is 0.882. The van der Waals surface area contributed by atoms with Gasteiger partial charge < -0.3 is 14.4 Å². The first-order valence-corrected chi connectivity index (χ1v) is 8.95. The summed E-state index contributed by atoms with van der Waals surface area (Å²) < 4.78 is 10.3. The molecule has 0 unspecified atom stereocenters. The van der Waals surface area contributed by atoms with Crippen LogP contribution in [0.1, 0.15) is 39.0 Å². The summed E-state index contributed by atoms with van der Waals surface area (Å²) in [5.41, 5.74) is 0. The molecule has 6 heteroatoms. The lowest BCUT2D eigenvalue weighted by atomic mass is 9.84. The second kappa shape index (κ2) is 9.88. The highest BCUT2D eigenvalue weighted by Gasteiger charge is 2.29. The van der Waals surface area contributed by atoms with Crippen molar-refractivity contribution in [3.8, 4) is 0 Å². The number of hydrogen-bond acceptors (Lipinski definition) is 5. The summed E-state index contributed by atoms with van der Waals surface area (Å²) in [4.78, 5) is 28.3. The fourth-order valence-corrected chi connectivity index (χ4v) is 3.01. The molecule has 0 spiro atoms. The van der Waals surface area contributed by atoms with Gasteiger partial charge in [-0.3, -0.25) is 14.5 Å². The van der Waals surface area contributed by atoms with E-state index < -0.39 is 0 Å². The molecule has 2 aliphatic rings. The van der Waals surface area contributed by atoms with Crippen molar-refractivity contribution >= 4 is 11.9 Å². The summed E-state index contributed by atoms with van der Waals surface area (Å²) in [5, 5.41) is 0. The van der Waals surface area contributed by atoms with Crippen molar-refractivity contribution < 1.29 is 19.1 Å². The SMILES string of the molecule is CCOC(=O)CCN(CCCN1CCOCC1)C(=O)C1CCC1. The highest BCUT2D eigenvalue weighted by molar-refractivity contribution is 5.80. The van der Waals surface area contributed by atoms with Crippen molar-refractivity contribution in [1.82, 2.24) is 9.80 Å². The van der Waals surface area contributed by atoms with Gasteiger partial charge in [0.15, 0.2) is 0 Å². The molecule has 1 heterocycles. The highest BCUT2D eigenvalue weighted by Crippen LogP contribution is 2.28. The van der Waals surface area contributed by atoms with Crippen LogP contribution in [-0.4, -0.2) is 74.2 Å². The fourth-order valence-electron chi connectivity index (χ4n) is 3.01. The number of esters is 1. The molecular formula is C17H30N2O4. The molecule has 0 bridgehead atoms.